The first-order valence-corrected chi connectivity index (χ1v) is 8.06. The van der Waals surface area contributed by atoms with Crippen molar-refractivity contribution in [3.8, 4) is 17.6 Å². The summed E-state index contributed by atoms with van der Waals surface area (Å²) in [5.74, 6) is -1.59. The van der Waals surface area contributed by atoms with E-state index in [2.05, 4.69) is 5.32 Å². The van der Waals surface area contributed by atoms with E-state index in [-0.39, 0.29) is 11.6 Å². The Bertz CT molecular complexity index is 623. The number of carbonyl (C=O) groups is 2. The van der Waals surface area contributed by atoms with Crippen molar-refractivity contribution in [1.29, 1.82) is 5.26 Å². The minimum atomic E-state index is -1.37. The second kappa shape index (κ2) is 8.34. The Kier molecular flexibility index (Phi) is 6.19. The third kappa shape index (κ3) is 4.25. The number of nitriles is 1. The van der Waals surface area contributed by atoms with Crippen molar-refractivity contribution in [2.75, 3.05) is 14.2 Å². The number of amides is 1. The lowest BCUT2D eigenvalue weighted by atomic mass is 9.93. The number of ether oxygens (including phenoxy) is 2. The number of nitrogens with zero attached hydrogens (tertiary/aromatic N) is 1. The molecule has 6 nitrogen and oxygen atoms in total. The van der Waals surface area contributed by atoms with Gasteiger partial charge in [0, 0.05) is 17.7 Å². The zero-order valence-corrected chi connectivity index (χ0v) is 14.0. The molecule has 2 rings (SSSR count). The monoisotopic (exact) mass is 330 g/mol. The third-order valence-corrected chi connectivity index (χ3v) is 4.24. The van der Waals surface area contributed by atoms with Gasteiger partial charge < -0.3 is 14.8 Å². The highest BCUT2D eigenvalue weighted by Gasteiger charge is 2.30. The van der Waals surface area contributed by atoms with Crippen LogP contribution in [0, 0.1) is 17.2 Å². The fraction of sp³-hybridized carbons (Fsp3) is 0.500. The smallest absolute Gasteiger partial charge is 0.245 e. The average Bonchev–Trinajstić information content (AvgIpc) is 2.62. The summed E-state index contributed by atoms with van der Waals surface area (Å²) < 4.78 is 10.3. The van der Waals surface area contributed by atoms with Crippen molar-refractivity contribution >= 4 is 11.7 Å². The number of nitrogens with one attached hydrogen (secondary N) is 1. The van der Waals surface area contributed by atoms with Crippen LogP contribution in [-0.4, -0.2) is 32.0 Å². The molecule has 24 heavy (non-hydrogen) atoms. The van der Waals surface area contributed by atoms with Gasteiger partial charge in [0.2, 0.25) is 5.91 Å². The lowest BCUT2D eigenvalue weighted by molar-refractivity contribution is -0.123. The van der Waals surface area contributed by atoms with Crippen LogP contribution < -0.4 is 14.8 Å². The third-order valence-electron chi connectivity index (χ3n) is 4.24. The molecule has 1 N–H and O–H groups in total. The molecule has 1 fully saturated rings. The van der Waals surface area contributed by atoms with Gasteiger partial charge in [-0.1, -0.05) is 19.3 Å². The second-order valence-electron chi connectivity index (χ2n) is 5.87. The quantitative estimate of drug-likeness (QED) is 0.639. The van der Waals surface area contributed by atoms with Gasteiger partial charge in [0.1, 0.15) is 11.5 Å². The first kappa shape index (κ1) is 17.8. The average molecular weight is 330 g/mol. The van der Waals surface area contributed by atoms with Gasteiger partial charge >= 0.3 is 0 Å². The Labute approximate surface area is 141 Å². The molecule has 0 heterocycles. The molecule has 1 saturated carbocycles. The number of Topliss-reactive ketones (excluding diaryl/α,β-unsaturated/α-hetero) is 1. The van der Waals surface area contributed by atoms with Gasteiger partial charge in [-0.15, -0.1) is 0 Å². The van der Waals surface area contributed by atoms with E-state index in [0.717, 1.165) is 32.1 Å². The summed E-state index contributed by atoms with van der Waals surface area (Å²) in [5.41, 5.74) is 0.219. The second-order valence-corrected chi connectivity index (χ2v) is 5.87. The number of carbonyl (C=O) groups excluding carboxylic acids is 2. The Morgan fingerprint density at radius 3 is 2.21 bits per heavy atom. The van der Waals surface area contributed by atoms with Crippen molar-refractivity contribution in [2.45, 2.75) is 38.1 Å². The van der Waals surface area contributed by atoms with Crippen LogP contribution in [0.1, 0.15) is 42.5 Å². The van der Waals surface area contributed by atoms with Crippen LogP contribution in [0.2, 0.25) is 0 Å². The Morgan fingerprint density at radius 1 is 1.12 bits per heavy atom. The summed E-state index contributed by atoms with van der Waals surface area (Å²) in [6, 6.07) is 6.50. The number of hydrogen-bond acceptors (Lipinski definition) is 5. The Morgan fingerprint density at radius 2 is 1.71 bits per heavy atom. The SMILES string of the molecule is COc1cc(OC)cc(C(=O)[C@H](C#N)C(=O)NC2CCCCC2)c1. The highest BCUT2D eigenvalue weighted by atomic mass is 16.5. The maximum atomic E-state index is 12.6. The van der Waals surface area contributed by atoms with Gasteiger partial charge in [0.15, 0.2) is 11.7 Å². The normalized spacial score (nSPS) is 15.9. The van der Waals surface area contributed by atoms with Crippen LogP contribution in [-0.2, 0) is 4.79 Å². The van der Waals surface area contributed by atoms with Gasteiger partial charge in [0.05, 0.1) is 20.3 Å². The minimum Gasteiger partial charge on any atom is -0.497 e. The zero-order chi connectivity index (χ0) is 17.5. The van der Waals surface area contributed by atoms with E-state index in [4.69, 9.17) is 9.47 Å². The molecule has 1 amide bonds. The van der Waals surface area contributed by atoms with Gasteiger partial charge in [-0.3, -0.25) is 9.59 Å². The first-order valence-electron chi connectivity index (χ1n) is 8.06. The number of rotatable bonds is 6. The predicted molar refractivity (Wildman–Crippen MR) is 88.0 cm³/mol. The molecule has 1 atom stereocenters. The molecule has 0 bridgehead atoms. The van der Waals surface area contributed by atoms with Gasteiger partial charge in [0.25, 0.3) is 0 Å². The first-order chi connectivity index (χ1) is 11.6. The van der Waals surface area contributed by atoms with Gasteiger partial charge in [-0.2, -0.15) is 5.26 Å². The lowest BCUT2D eigenvalue weighted by Gasteiger charge is -2.23. The van der Waals surface area contributed by atoms with Crippen molar-refractivity contribution < 1.29 is 19.1 Å². The largest absolute Gasteiger partial charge is 0.497 e. The van der Waals surface area contributed by atoms with E-state index in [1.165, 1.54) is 26.4 Å². The molecule has 1 aromatic carbocycles. The van der Waals surface area contributed by atoms with Crippen molar-refractivity contribution in [3.63, 3.8) is 0 Å². The molecule has 1 aliphatic carbocycles. The topological polar surface area (TPSA) is 88.4 Å². The van der Waals surface area contributed by atoms with Gasteiger partial charge in [-0.05, 0) is 25.0 Å². The molecule has 0 saturated heterocycles. The van der Waals surface area contributed by atoms with E-state index in [9.17, 15) is 14.9 Å². The van der Waals surface area contributed by atoms with Crippen LogP contribution in [0.4, 0.5) is 0 Å². The standard InChI is InChI=1S/C18H22N2O4/c1-23-14-8-12(9-15(10-14)24-2)17(21)16(11-19)18(22)20-13-6-4-3-5-7-13/h8-10,13,16H,3-7H2,1-2H3,(H,20,22)/t16-/m0/s1. The molecule has 0 radical (unpaired) electrons. The molecule has 0 aliphatic heterocycles. The molecule has 0 unspecified atom stereocenters. The summed E-state index contributed by atoms with van der Waals surface area (Å²) in [6.45, 7) is 0. The summed E-state index contributed by atoms with van der Waals surface area (Å²) in [5, 5.41) is 12.1. The zero-order valence-electron chi connectivity index (χ0n) is 14.0. The van der Waals surface area contributed by atoms with E-state index in [1.54, 1.807) is 6.07 Å². The van der Waals surface area contributed by atoms with E-state index < -0.39 is 17.6 Å². The minimum absolute atomic E-state index is 0.0507. The van der Waals surface area contributed by atoms with Crippen LogP contribution in [0.15, 0.2) is 18.2 Å². The van der Waals surface area contributed by atoms with Gasteiger partial charge in [-0.25, -0.2) is 0 Å². The van der Waals surface area contributed by atoms with Crippen LogP contribution in [0.5, 0.6) is 11.5 Å². The van der Waals surface area contributed by atoms with Crippen LogP contribution in [0.3, 0.4) is 0 Å². The Balaban J connectivity index is 2.16. The molecule has 0 spiro atoms. The molecule has 6 heteroatoms. The van der Waals surface area contributed by atoms with E-state index >= 15 is 0 Å². The highest BCUT2D eigenvalue weighted by molar-refractivity contribution is 6.12. The number of ketones is 1. The molecule has 128 valence electrons. The molecular weight excluding hydrogens is 308 g/mol. The molecular formula is C18H22N2O4. The summed E-state index contributed by atoms with van der Waals surface area (Å²) in [7, 11) is 2.95. The fourth-order valence-electron chi connectivity index (χ4n) is 2.88. The lowest BCUT2D eigenvalue weighted by Crippen LogP contribution is -2.42. The predicted octanol–water partition coefficient (Wildman–Crippen LogP) is 2.48. The van der Waals surface area contributed by atoms with Crippen molar-refractivity contribution in [1.82, 2.24) is 5.32 Å². The number of hydrogen-bond donors (Lipinski definition) is 1. The summed E-state index contributed by atoms with van der Waals surface area (Å²) in [4.78, 5) is 25.0. The van der Waals surface area contributed by atoms with Crippen LogP contribution in [0.25, 0.3) is 0 Å². The Hall–Kier alpha value is -2.55. The molecule has 0 aromatic heterocycles. The van der Waals surface area contributed by atoms with E-state index in [0.29, 0.717) is 11.5 Å². The number of benzene rings is 1. The summed E-state index contributed by atoms with van der Waals surface area (Å²) >= 11 is 0. The molecule has 1 aromatic rings. The maximum absolute atomic E-state index is 12.6. The summed E-state index contributed by atoms with van der Waals surface area (Å²) in [6.07, 6.45) is 5.07. The van der Waals surface area contributed by atoms with E-state index in [1.807, 2.05) is 6.07 Å². The molecule has 1 aliphatic rings. The van der Waals surface area contributed by atoms with Crippen molar-refractivity contribution in [2.24, 2.45) is 5.92 Å². The highest BCUT2D eigenvalue weighted by Crippen LogP contribution is 2.25. The fourth-order valence-corrected chi connectivity index (χ4v) is 2.88. The number of methoxy groups -OCH3 is 2. The maximum Gasteiger partial charge on any atom is 0.245 e. The van der Waals surface area contributed by atoms with Crippen LogP contribution >= 0.6 is 0 Å². The van der Waals surface area contributed by atoms with Crippen molar-refractivity contribution in [3.05, 3.63) is 23.8 Å².